The summed E-state index contributed by atoms with van der Waals surface area (Å²) in [5, 5.41) is 8.14. The van der Waals surface area contributed by atoms with Gasteiger partial charge in [0.05, 0.1) is 5.69 Å². The fourth-order valence-electron chi connectivity index (χ4n) is 0.562. The minimum atomic E-state index is -1.42. The molecule has 5 nitrogen and oxygen atoms in total. The first-order valence-electron chi connectivity index (χ1n) is 2.94. The lowest BCUT2D eigenvalue weighted by Crippen LogP contribution is -2.02. The molecule has 5 heteroatoms. The largest absolute Gasteiger partial charge is 0.514 e. The summed E-state index contributed by atoms with van der Waals surface area (Å²) in [4.78, 5) is 13.6. The van der Waals surface area contributed by atoms with Gasteiger partial charge in [0.15, 0.2) is 0 Å². The molecule has 0 bridgehead atoms. The van der Waals surface area contributed by atoms with Crippen LogP contribution in [0, 0.1) is 13.8 Å². The van der Waals surface area contributed by atoms with Crippen molar-refractivity contribution in [1.82, 2.24) is 4.98 Å². The molecule has 0 saturated heterocycles. The Balaban J connectivity index is 2.81. The second-order valence-corrected chi connectivity index (χ2v) is 1.99. The molecule has 0 aromatic carbocycles. The summed E-state index contributed by atoms with van der Waals surface area (Å²) < 4.78 is 8.97. The van der Waals surface area contributed by atoms with Gasteiger partial charge in [0.2, 0.25) is 0 Å². The third-order valence-corrected chi connectivity index (χ3v) is 1.18. The SMILES string of the molecule is Cc1nc(OC(=O)O)oc1C. The van der Waals surface area contributed by atoms with Crippen molar-refractivity contribution in [3.8, 4) is 6.08 Å². The molecular weight excluding hydrogens is 150 g/mol. The first-order valence-corrected chi connectivity index (χ1v) is 2.94. The molecule has 0 unspecified atom stereocenters. The Bertz CT molecular complexity index is 259. The number of nitrogens with zero attached hydrogens (tertiary/aromatic N) is 1. The van der Waals surface area contributed by atoms with Gasteiger partial charge in [-0.15, -0.1) is 0 Å². The molecule has 0 aliphatic carbocycles. The van der Waals surface area contributed by atoms with Crippen molar-refractivity contribution in [2.24, 2.45) is 0 Å². The smallest absolute Gasteiger partial charge is 0.449 e. The molecule has 0 atom stereocenters. The second-order valence-electron chi connectivity index (χ2n) is 1.99. The van der Waals surface area contributed by atoms with Gasteiger partial charge in [-0.3, -0.25) is 0 Å². The number of carboxylic acid groups (broad SMARTS) is 1. The molecule has 0 aliphatic rings. The fraction of sp³-hybridized carbons (Fsp3) is 0.333. The Kier molecular flexibility index (Phi) is 1.80. The molecule has 0 radical (unpaired) electrons. The Morgan fingerprint density at radius 2 is 2.27 bits per heavy atom. The first-order chi connectivity index (χ1) is 5.09. The summed E-state index contributed by atoms with van der Waals surface area (Å²) >= 11 is 0. The molecule has 1 N–H and O–H groups in total. The van der Waals surface area contributed by atoms with Crippen molar-refractivity contribution in [3.05, 3.63) is 11.5 Å². The van der Waals surface area contributed by atoms with Crippen molar-refractivity contribution >= 4 is 6.16 Å². The molecule has 1 heterocycles. The van der Waals surface area contributed by atoms with Crippen LogP contribution in [0.25, 0.3) is 0 Å². The molecular formula is C6H7NO4. The zero-order valence-corrected chi connectivity index (χ0v) is 6.12. The molecule has 11 heavy (non-hydrogen) atoms. The van der Waals surface area contributed by atoms with Gasteiger partial charge in [0.1, 0.15) is 5.76 Å². The topological polar surface area (TPSA) is 72.6 Å². The zero-order valence-electron chi connectivity index (χ0n) is 6.12. The van der Waals surface area contributed by atoms with Crippen LogP contribution in [0.15, 0.2) is 4.42 Å². The molecule has 1 rings (SSSR count). The molecule has 1 aromatic rings. The average molecular weight is 157 g/mol. The number of rotatable bonds is 1. The lowest BCUT2D eigenvalue weighted by Gasteiger charge is -1.88. The Hall–Kier alpha value is -1.52. The van der Waals surface area contributed by atoms with Crippen LogP contribution in [-0.4, -0.2) is 16.2 Å². The van der Waals surface area contributed by atoms with E-state index in [0.29, 0.717) is 11.5 Å². The van der Waals surface area contributed by atoms with Gasteiger partial charge in [-0.05, 0) is 13.8 Å². The molecule has 1 aromatic heterocycles. The van der Waals surface area contributed by atoms with Crippen LogP contribution < -0.4 is 4.74 Å². The van der Waals surface area contributed by atoms with Crippen molar-refractivity contribution in [2.75, 3.05) is 0 Å². The van der Waals surface area contributed by atoms with E-state index in [9.17, 15) is 4.79 Å². The highest BCUT2D eigenvalue weighted by Crippen LogP contribution is 2.14. The molecule has 0 saturated carbocycles. The summed E-state index contributed by atoms with van der Waals surface area (Å²) in [5.41, 5.74) is 0.626. The first kappa shape index (κ1) is 7.59. The van der Waals surface area contributed by atoms with E-state index >= 15 is 0 Å². The second kappa shape index (κ2) is 2.61. The van der Waals surface area contributed by atoms with E-state index in [-0.39, 0.29) is 6.08 Å². The van der Waals surface area contributed by atoms with Gasteiger partial charge >= 0.3 is 12.2 Å². The molecule has 60 valence electrons. The predicted octanol–water partition coefficient (Wildman–Crippen LogP) is 1.35. The Morgan fingerprint density at radius 3 is 2.64 bits per heavy atom. The number of aryl methyl sites for hydroxylation is 2. The maximum absolute atomic E-state index is 9.97. The minimum Gasteiger partial charge on any atom is -0.449 e. The van der Waals surface area contributed by atoms with Crippen LogP contribution in [0.2, 0.25) is 0 Å². The minimum absolute atomic E-state index is 0.229. The number of oxazole rings is 1. The fourth-order valence-corrected chi connectivity index (χ4v) is 0.562. The zero-order chi connectivity index (χ0) is 8.43. The summed E-state index contributed by atoms with van der Waals surface area (Å²) in [6.45, 7) is 3.38. The van der Waals surface area contributed by atoms with Gasteiger partial charge in [0, 0.05) is 0 Å². The van der Waals surface area contributed by atoms with Gasteiger partial charge in [0.25, 0.3) is 0 Å². The van der Waals surface area contributed by atoms with E-state index in [0.717, 1.165) is 0 Å². The highest BCUT2D eigenvalue weighted by molar-refractivity contribution is 5.59. The third kappa shape index (κ3) is 1.70. The van der Waals surface area contributed by atoms with Crippen LogP contribution in [0.5, 0.6) is 6.08 Å². The summed E-state index contributed by atoms with van der Waals surface area (Å²) in [6.07, 6.45) is -1.65. The van der Waals surface area contributed by atoms with E-state index in [1.807, 2.05) is 0 Å². The Morgan fingerprint density at radius 1 is 1.64 bits per heavy atom. The number of aromatic nitrogens is 1. The van der Waals surface area contributed by atoms with E-state index in [1.54, 1.807) is 13.8 Å². The molecule has 0 amide bonds. The maximum atomic E-state index is 9.97. The summed E-state index contributed by atoms with van der Waals surface area (Å²) in [7, 11) is 0. The Labute approximate surface area is 62.6 Å². The van der Waals surface area contributed by atoms with Crippen molar-refractivity contribution in [3.63, 3.8) is 0 Å². The average Bonchev–Trinajstić information content (AvgIpc) is 2.10. The normalized spacial score (nSPS) is 9.64. The van der Waals surface area contributed by atoms with Gasteiger partial charge < -0.3 is 14.3 Å². The third-order valence-electron chi connectivity index (χ3n) is 1.18. The predicted molar refractivity (Wildman–Crippen MR) is 34.6 cm³/mol. The summed E-state index contributed by atoms with van der Waals surface area (Å²) in [6, 6.07) is 0. The number of ether oxygens (including phenoxy) is 1. The van der Waals surface area contributed by atoms with Crippen LogP contribution in [-0.2, 0) is 0 Å². The van der Waals surface area contributed by atoms with Crippen LogP contribution in [0.1, 0.15) is 11.5 Å². The van der Waals surface area contributed by atoms with Gasteiger partial charge in [-0.25, -0.2) is 4.79 Å². The number of carbonyl (C=O) groups is 1. The van der Waals surface area contributed by atoms with Crippen LogP contribution in [0.4, 0.5) is 4.79 Å². The van der Waals surface area contributed by atoms with Crippen molar-refractivity contribution < 1.29 is 19.1 Å². The van der Waals surface area contributed by atoms with Crippen molar-refractivity contribution in [2.45, 2.75) is 13.8 Å². The van der Waals surface area contributed by atoms with E-state index in [4.69, 9.17) is 9.52 Å². The molecule has 0 aliphatic heterocycles. The standard InChI is InChI=1S/C6H7NO4/c1-3-4(2)10-5(7-3)11-6(8)9/h1-2H3,(H,8,9). The summed E-state index contributed by atoms with van der Waals surface area (Å²) in [5.74, 6) is 0.557. The molecule has 0 spiro atoms. The van der Waals surface area contributed by atoms with E-state index in [1.165, 1.54) is 0 Å². The van der Waals surface area contributed by atoms with E-state index in [2.05, 4.69) is 9.72 Å². The van der Waals surface area contributed by atoms with E-state index < -0.39 is 6.16 Å². The van der Waals surface area contributed by atoms with Gasteiger partial charge in [-0.1, -0.05) is 0 Å². The van der Waals surface area contributed by atoms with Crippen LogP contribution >= 0.6 is 0 Å². The highest BCUT2D eigenvalue weighted by Gasteiger charge is 2.09. The van der Waals surface area contributed by atoms with Crippen molar-refractivity contribution in [1.29, 1.82) is 0 Å². The number of hydrogen-bond donors (Lipinski definition) is 1. The monoisotopic (exact) mass is 157 g/mol. The molecule has 0 fully saturated rings. The highest BCUT2D eigenvalue weighted by atomic mass is 16.7. The lowest BCUT2D eigenvalue weighted by atomic mass is 10.4. The van der Waals surface area contributed by atoms with Gasteiger partial charge in [-0.2, -0.15) is 4.98 Å². The lowest BCUT2D eigenvalue weighted by molar-refractivity contribution is 0.129. The van der Waals surface area contributed by atoms with Crippen LogP contribution in [0.3, 0.4) is 0 Å². The maximum Gasteiger partial charge on any atom is 0.514 e. The number of hydrogen-bond acceptors (Lipinski definition) is 4. The quantitative estimate of drug-likeness (QED) is 0.623.